The molecule has 3 aromatic rings. The maximum atomic E-state index is 12.7. The zero-order valence-electron chi connectivity index (χ0n) is 15.7. The van der Waals surface area contributed by atoms with E-state index in [4.69, 9.17) is 11.6 Å². The molecule has 4 rings (SSSR count). The second-order valence-corrected chi connectivity index (χ2v) is 7.63. The van der Waals surface area contributed by atoms with Crippen molar-refractivity contribution in [3.8, 4) is 0 Å². The Morgan fingerprint density at radius 2 is 1.71 bits per heavy atom. The molecule has 0 atom stereocenters. The van der Waals surface area contributed by atoms with Crippen LogP contribution in [0.1, 0.15) is 22.3 Å². The van der Waals surface area contributed by atoms with Gasteiger partial charge in [-0.1, -0.05) is 60.1 Å². The van der Waals surface area contributed by atoms with Gasteiger partial charge in [0.15, 0.2) is 0 Å². The molecule has 1 amide bonds. The minimum atomic E-state index is 0.189. The maximum Gasteiger partial charge on any atom is 0.227 e. The normalized spacial score (nSPS) is 13.1. The van der Waals surface area contributed by atoms with Crippen LogP contribution < -0.4 is 5.32 Å². The summed E-state index contributed by atoms with van der Waals surface area (Å²) >= 11 is 6.02. The van der Waals surface area contributed by atoms with Gasteiger partial charge in [-0.25, -0.2) is 0 Å². The molecule has 0 bridgehead atoms. The summed E-state index contributed by atoms with van der Waals surface area (Å²) in [5.41, 5.74) is 5.83. The van der Waals surface area contributed by atoms with E-state index in [0.29, 0.717) is 19.5 Å². The third-order valence-corrected chi connectivity index (χ3v) is 5.41. The first-order valence-electron chi connectivity index (χ1n) is 9.59. The van der Waals surface area contributed by atoms with Crippen LogP contribution in [0.2, 0.25) is 5.02 Å². The zero-order valence-corrected chi connectivity index (χ0v) is 16.5. The van der Waals surface area contributed by atoms with Crippen molar-refractivity contribution in [3.63, 3.8) is 0 Å². The van der Waals surface area contributed by atoms with Gasteiger partial charge >= 0.3 is 0 Å². The van der Waals surface area contributed by atoms with Crippen LogP contribution in [0.3, 0.4) is 0 Å². The number of amides is 1. The highest BCUT2D eigenvalue weighted by Gasteiger charge is 2.20. The maximum absolute atomic E-state index is 12.7. The fraction of sp³-hybridized carbons (Fsp3) is 0.208. The Labute approximate surface area is 171 Å². The summed E-state index contributed by atoms with van der Waals surface area (Å²) in [6.45, 7) is 2.23. The van der Waals surface area contributed by atoms with E-state index in [2.05, 4.69) is 23.5 Å². The molecule has 0 saturated heterocycles. The summed E-state index contributed by atoms with van der Waals surface area (Å²) in [6, 6.07) is 24.3. The number of hydrogen-bond donors (Lipinski definition) is 1. The second-order valence-electron chi connectivity index (χ2n) is 7.19. The van der Waals surface area contributed by atoms with Gasteiger partial charge in [-0.05, 0) is 52.9 Å². The topological polar surface area (TPSA) is 32.3 Å². The molecule has 1 heterocycles. The summed E-state index contributed by atoms with van der Waals surface area (Å²) in [5.74, 6) is 0.189. The number of carbonyl (C=O) groups excluding carboxylic acids is 1. The van der Waals surface area contributed by atoms with Crippen molar-refractivity contribution >= 4 is 23.2 Å². The molecule has 142 valence electrons. The molecule has 0 radical (unpaired) electrons. The zero-order chi connectivity index (χ0) is 19.3. The Morgan fingerprint density at radius 1 is 0.929 bits per heavy atom. The number of benzene rings is 3. The van der Waals surface area contributed by atoms with Gasteiger partial charge in [0.2, 0.25) is 5.91 Å². The first-order valence-corrected chi connectivity index (χ1v) is 9.97. The first-order chi connectivity index (χ1) is 13.7. The predicted molar refractivity (Wildman–Crippen MR) is 114 cm³/mol. The van der Waals surface area contributed by atoms with Crippen molar-refractivity contribution in [1.29, 1.82) is 0 Å². The third-order valence-electron chi connectivity index (χ3n) is 5.18. The molecule has 0 spiro atoms. The van der Waals surface area contributed by atoms with Crippen molar-refractivity contribution in [1.82, 2.24) is 4.90 Å². The number of fused-ring (bicyclic) bond motifs is 1. The predicted octanol–water partition coefficient (Wildman–Crippen LogP) is 5.08. The lowest BCUT2D eigenvalue weighted by Gasteiger charge is -2.29. The third kappa shape index (κ3) is 4.55. The number of hydrogen-bond acceptors (Lipinski definition) is 2. The highest BCUT2D eigenvalue weighted by Crippen LogP contribution is 2.20. The molecule has 3 aromatic carbocycles. The van der Waals surface area contributed by atoms with Gasteiger partial charge in [0.05, 0.1) is 6.42 Å². The lowest BCUT2D eigenvalue weighted by molar-refractivity contribution is -0.131. The quantitative estimate of drug-likeness (QED) is 0.658. The summed E-state index contributed by atoms with van der Waals surface area (Å²) in [6.07, 6.45) is 1.38. The highest BCUT2D eigenvalue weighted by atomic mass is 35.5. The molecule has 1 aliphatic heterocycles. The number of nitrogens with one attached hydrogen (secondary N) is 1. The summed E-state index contributed by atoms with van der Waals surface area (Å²) in [4.78, 5) is 14.7. The highest BCUT2D eigenvalue weighted by molar-refractivity contribution is 6.30. The summed E-state index contributed by atoms with van der Waals surface area (Å²) in [7, 11) is 0. The molecular formula is C24H23ClN2O. The van der Waals surface area contributed by atoms with Crippen LogP contribution in [-0.2, 0) is 30.7 Å². The standard InChI is InChI=1S/C24H23ClN2O/c25-22-7-3-4-19(14-22)16-26-23-10-8-18(9-11-23)15-24(28)27-13-12-20-5-1-2-6-21(20)17-27/h1-11,14,26H,12-13,15-17H2. The molecule has 0 aromatic heterocycles. The lowest BCUT2D eigenvalue weighted by Crippen LogP contribution is -2.36. The van der Waals surface area contributed by atoms with Crippen LogP contribution in [0, 0.1) is 0 Å². The molecule has 4 heteroatoms. The van der Waals surface area contributed by atoms with E-state index in [0.717, 1.165) is 34.8 Å². The second kappa shape index (κ2) is 8.49. The van der Waals surface area contributed by atoms with Crippen LogP contribution in [0.25, 0.3) is 0 Å². The van der Waals surface area contributed by atoms with Crippen molar-refractivity contribution in [2.45, 2.75) is 25.9 Å². The monoisotopic (exact) mass is 390 g/mol. The SMILES string of the molecule is O=C(Cc1ccc(NCc2cccc(Cl)c2)cc1)N1CCc2ccccc2C1. The fourth-order valence-corrected chi connectivity index (χ4v) is 3.80. The molecule has 0 aliphatic carbocycles. The largest absolute Gasteiger partial charge is 0.381 e. The molecule has 1 N–H and O–H groups in total. The van der Waals surface area contributed by atoms with Gasteiger partial charge in [0, 0.05) is 30.3 Å². The number of nitrogens with zero attached hydrogens (tertiary/aromatic N) is 1. The lowest BCUT2D eigenvalue weighted by atomic mass is 9.99. The van der Waals surface area contributed by atoms with Gasteiger partial charge in [-0.3, -0.25) is 4.79 Å². The Balaban J connectivity index is 1.32. The summed E-state index contributed by atoms with van der Waals surface area (Å²) in [5, 5.41) is 4.13. The van der Waals surface area contributed by atoms with Crippen molar-refractivity contribution in [2.24, 2.45) is 0 Å². The van der Waals surface area contributed by atoms with Gasteiger partial charge in [0.1, 0.15) is 0 Å². The van der Waals surface area contributed by atoms with Gasteiger partial charge in [-0.15, -0.1) is 0 Å². The van der Waals surface area contributed by atoms with E-state index in [1.165, 1.54) is 11.1 Å². The van der Waals surface area contributed by atoms with Crippen molar-refractivity contribution < 1.29 is 4.79 Å². The number of halogens is 1. The smallest absolute Gasteiger partial charge is 0.227 e. The molecule has 1 aliphatic rings. The number of carbonyl (C=O) groups is 1. The molecular weight excluding hydrogens is 368 g/mol. The summed E-state index contributed by atoms with van der Waals surface area (Å²) < 4.78 is 0. The fourth-order valence-electron chi connectivity index (χ4n) is 3.59. The molecule has 3 nitrogen and oxygen atoms in total. The Kier molecular flexibility index (Phi) is 5.63. The van der Waals surface area contributed by atoms with Gasteiger partial charge in [-0.2, -0.15) is 0 Å². The van der Waals surface area contributed by atoms with E-state index >= 15 is 0 Å². The van der Waals surface area contributed by atoms with Crippen LogP contribution in [0.4, 0.5) is 5.69 Å². The minimum absolute atomic E-state index is 0.189. The average Bonchev–Trinajstić information content (AvgIpc) is 2.73. The molecule has 0 unspecified atom stereocenters. The van der Waals surface area contributed by atoms with Crippen LogP contribution in [0.5, 0.6) is 0 Å². The molecule has 28 heavy (non-hydrogen) atoms. The number of anilines is 1. The van der Waals surface area contributed by atoms with E-state index < -0.39 is 0 Å². The Bertz CT molecular complexity index is 968. The Morgan fingerprint density at radius 3 is 2.50 bits per heavy atom. The van der Waals surface area contributed by atoms with Crippen molar-refractivity contribution in [2.75, 3.05) is 11.9 Å². The molecule has 0 fully saturated rings. The van der Waals surface area contributed by atoms with E-state index in [1.54, 1.807) is 0 Å². The first kappa shape index (κ1) is 18.6. The van der Waals surface area contributed by atoms with E-state index in [-0.39, 0.29) is 5.91 Å². The van der Waals surface area contributed by atoms with Gasteiger partial charge < -0.3 is 10.2 Å². The van der Waals surface area contributed by atoms with Crippen LogP contribution in [-0.4, -0.2) is 17.4 Å². The van der Waals surface area contributed by atoms with Crippen LogP contribution >= 0.6 is 11.6 Å². The van der Waals surface area contributed by atoms with E-state index in [9.17, 15) is 4.79 Å². The van der Waals surface area contributed by atoms with E-state index in [1.807, 2.05) is 59.5 Å². The van der Waals surface area contributed by atoms with Gasteiger partial charge in [0.25, 0.3) is 0 Å². The number of rotatable bonds is 5. The van der Waals surface area contributed by atoms with Crippen molar-refractivity contribution in [3.05, 3.63) is 100 Å². The average molecular weight is 391 g/mol. The van der Waals surface area contributed by atoms with Crippen LogP contribution in [0.15, 0.2) is 72.8 Å². The minimum Gasteiger partial charge on any atom is -0.381 e. The molecule has 0 saturated carbocycles. The Hall–Kier alpha value is -2.78.